The van der Waals surface area contributed by atoms with Crippen LogP contribution in [0.15, 0.2) is 36.5 Å². The Morgan fingerprint density at radius 3 is 2.72 bits per heavy atom. The molecule has 2 aromatic rings. The van der Waals surface area contributed by atoms with Crippen molar-refractivity contribution >= 4 is 11.5 Å². The van der Waals surface area contributed by atoms with Crippen molar-refractivity contribution in [1.29, 1.82) is 0 Å². The lowest BCUT2D eigenvalue weighted by atomic mass is 10.2. The zero-order valence-electron chi connectivity index (χ0n) is 9.45. The number of halogens is 2. The molecule has 2 rings (SSSR count). The molecule has 0 radical (unpaired) electrons. The van der Waals surface area contributed by atoms with Crippen LogP contribution in [0.5, 0.6) is 0 Å². The third kappa shape index (κ3) is 2.92. The highest BCUT2D eigenvalue weighted by Crippen LogP contribution is 2.14. The van der Waals surface area contributed by atoms with Gasteiger partial charge in [-0.25, -0.2) is 19.6 Å². The lowest BCUT2D eigenvalue weighted by Gasteiger charge is -2.08. The van der Waals surface area contributed by atoms with Crippen LogP contribution in [-0.4, -0.2) is 4.98 Å². The predicted octanol–water partition coefficient (Wildman–Crippen LogP) is 2.26. The van der Waals surface area contributed by atoms with Crippen LogP contribution in [0.2, 0.25) is 0 Å². The summed E-state index contributed by atoms with van der Waals surface area (Å²) in [5, 5.41) is 3.00. The maximum atomic E-state index is 13.4. The highest BCUT2D eigenvalue weighted by atomic mass is 19.1. The molecular weight excluding hydrogens is 238 g/mol. The summed E-state index contributed by atoms with van der Waals surface area (Å²) in [6, 6.07) is 6.89. The third-order valence-electron chi connectivity index (χ3n) is 2.41. The average molecular weight is 250 g/mol. The van der Waals surface area contributed by atoms with Gasteiger partial charge < -0.3 is 10.7 Å². The number of pyridine rings is 1. The van der Waals surface area contributed by atoms with Crippen LogP contribution in [-0.2, 0) is 6.54 Å². The molecule has 0 saturated carbocycles. The number of nitrogens with zero attached hydrogens (tertiary/aromatic N) is 1. The van der Waals surface area contributed by atoms with Crippen LogP contribution in [0.4, 0.5) is 20.3 Å². The molecule has 6 heteroatoms. The number of hydrogen-bond donors (Lipinski definition) is 3. The molecule has 1 heterocycles. The lowest BCUT2D eigenvalue weighted by molar-refractivity contribution is 0.574. The lowest BCUT2D eigenvalue weighted by Crippen LogP contribution is -2.09. The minimum Gasteiger partial charge on any atom is -0.381 e. The number of benzene rings is 1. The average Bonchev–Trinajstić information content (AvgIpc) is 2.38. The van der Waals surface area contributed by atoms with Gasteiger partial charge >= 0.3 is 0 Å². The zero-order chi connectivity index (χ0) is 13.0. The molecule has 0 spiro atoms. The number of hydrazine groups is 1. The molecule has 1 aromatic carbocycles. The van der Waals surface area contributed by atoms with Gasteiger partial charge in [0.2, 0.25) is 0 Å². The molecule has 4 N–H and O–H groups in total. The Bertz CT molecular complexity index is 545. The monoisotopic (exact) mass is 250 g/mol. The molecule has 0 amide bonds. The fourth-order valence-corrected chi connectivity index (χ4v) is 1.48. The van der Waals surface area contributed by atoms with E-state index in [0.717, 1.165) is 11.8 Å². The van der Waals surface area contributed by atoms with Crippen LogP contribution >= 0.6 is 0 Å². The van der Waals surface area contributed by atoms with E-state index in [2.05, 4.69) is 15.7 Å². The van der Waals surface area contributed by atoms with Gasteiger partial charge in [-0.1, -0.05) is 6.07 Å². The molecule has 0 fully saturated rings. The van der Waals surface area contributed by atoms with E-state index in [1.807, 2.05) is 0 Å². The van der Waals surface area contributed by atoms with Gasteiger partial charge in [0.05, 0.1) is 0 Å². The normalized spacial score (nSPS) is 10.2. The van der Waals surface area contributed by atoms with Crippen LogP contribution in [0, 0.1) is 11.6 Å². The Kier molecular flexibility index (Phi) is 3.69. The van der Waals surface area contributed by atoms with Crippen molar-refractivity contribution in [2.24, 2.45) is 5.84 Å². The number of hydrogen-bond acceptors (Lipinski definition) is 4. The van der Waals surface area contributed by atoms with E-state index in [0.29, 0.717) is 11.4 Å². The number of nitrogens with two attached hydrogens (primary N) is 1. The molecule has 18 heavy (non-hydrogen) atoms. The quantitative estimate of drug-likeness (QED) is 0.575. The van der Waals surface area contributed by atoms with Crippen molar-refractivity contribution < 1.29 is 8.78 Å². The first-order valence-corrected chi connectivity index (χ1v) is 5.29. The van der Waals surface area contributed by atoms with Crippen LogP contribution < -0.4 is 16.6 Å². The van der Waals surface area contributed by atoms with Gasteiger partial charge in [0.25, 0.3) is 0 Å². The van der Waals surface area contributed by atoms with Crippen molar-refractivity contribution in [3.63, 3.8) is 0 Å². The second-order valence-corrected chi connectivity index (χ2v) is 3.66. The maximum absolute atomic E-state index is 13.4. The Labute approximate surface area is 103 Å². The summed E-state index contributed by atoms with van der Waals surface area (Å²) >= 11 is 0. The molecule has 94 valence electrons. The zero-order valence-corrected chi connectivity index (χ0v) is 9.45. The highest BCUT2D eigenvalue weighted by molar-refractivity contribution is 5.51. The summed E-state index contributed by atoms with van der Waals surface area (Å²) in [7, 11) is 0. The molecule has 0 saturated heterocycles. The summed E-state index contributed by atoms with van der Waals surface area (Å²) in [5.41, 5.74) is 3.53. The second-order valence-electron chi connectivity index (χ2n) is 3.66. The van der Waals surface area contributed by atoms with E-state index in [1.165, 1.54) is 12.1 Å². The van der Waals surface area contributed by atoms with Crippen molar-refractivity contribution in [2.75, 3.05) is 10.7 Å². The molecule has 0 bridgehead atoms. The van der Waals surface area contributed by atoms with E-state index >= 15 is 0 Å². The van der Waals surface area contributed by atoms with Crippen molar-refractivity contribution in [3.05, 3.63) is 53.7 Å². The fourth-order valence-electron chi connectivity index (χ4n) is 1.48. The number of nitrogens with one attached hydrogen (secondary N) is 2. The van der Waals surface area contributed by atoms with Gasteiger partial charge in [-0.05, 0) is 12.1 Å². The first-order chi connectivity index (χ1) is 8.69. The smallest absolute Gasteiger partial charge is 0.141 e. The van der Waals surface area contributed by atoms with E-state index in [-0.39, 0.29) is 6.54 Å². The molecular formula is C12H12F2N4. The van der Waals surface area contributed by atoms with E-state index in [9.17, 15) is 8.78 Å². The Morgan fingerprint density at radius 2 is 2.00 bits per heavy atom. The highest BCUT2D eigenvalue weighted by Gasteiger charge is 2.03. The maximum Gasteiger partial charge on any atom is 0.141 e. The minimum atomic E-state index is -0.588. The number of nitrogen functional groups attached to an aromatic ring is 1. The molecule has 0 aliphatic rings. The standard InChI is InChI=1S/C12H12F2N4/c13-9-2-1-8(11(14)5-9)7-17-10-3-4-16-12(6-10)18-15/h1-6H,7,15H2,(H2,16,17,18). The van der Waals surface area contributed by atoms with Crippen LogP contribution in [0.25, 0.3) is 0 Å². The van der Waals surface area contributed by atoms with Crippen LogP contribution in [0.1, 0.15) is 5.56 Å². The van der Waals surface area contributed by atoms with Crippen molar-refractivity contribution in [3.8, 4) is 0 Å². The molecule has 0 aliphatic carbocycles. The van der Waals surface area contributed by atoms with Gasteiger partial charge in [-0.15, -0.1) is 0 Å². The molecule has 0 unspecified atom stereocenters. The Balaban J connectivity index is 2.06. The summed E-state index contributed by atoms with van der Waals surface area (Å²) in [6.45, 7) is 0.250. The summed E-state index contributed by atoms with van der Waals surface area (Å²) < 4.78 is 26.1. The van der Waals surface area contributed by atoms with Gasteiger partial charge in [0.15, 0.2) is 0 Å². The molecule has 1 aromatic heterocycles. The summed E-state index contributed by atoms with van der Waals surface area (Å²) in [4.78, 5) is 3.94. The molecule has 4 nitrogen and oxygen atoms in total. The molecule has 0 aliphatic heterocycles. The van der Waals surface area contributed by atoms with Gasteiger partial charge in [-0.3, -0.25) is 0 Å². The first kappa shape index (κ1) is 12.3. The van der Waals surface area contributed by atoms with Gasteiger partial charge in [-0.2, -0.15) is 0 Å². The van der Waals surface area contributed by atoms with Crippen molar-refractivity contribution in [1.82, 2.24) is 4.98 Å². The Hall–Kier alpha value is -2.21. The number of rotatable bonds is 4. The molecule has 0 atom stereocenters. The van der Waals surface area contributed by atoms with Crippen molar-refractivity contribution in [2.45, 2.75) is 6.54 Å². The number of aromatic nitrogens is 1. The third-order valence-corrected chi connectivity index (χ3v) is 2.41. The summed E-state index contributed by atoms with van der Waals surface area (Å²) in [6.07, 6.45) is 1.57. The first-order valence-electron chi connectivity index (χ1n) is 5.29. The largest absolute Gasteiger partial charge is 0.381 e. The van der Waals surface area contributed by atoms with Gasteiger partial charge in [0, 0.05) is 36.1 Å². The van der Waals surface area contributed by atoms with E-state index in [1.54, 1.807) is 18.3 Å². The van der Waals surface area contributed by atoms with Gasteiger partial charge in [0.1, 0.15) is 17.5 Å². The van der Waals surface area contributed by atoms with E-state index in [4.69, 9.17) is 5.84 Å². The predicted molar refractivity (Wildman–Crippen MR) is 65.7 cm³/mol. The van der Waals surface area contributed by atoms with Crippen LogP contribution in [0.3, 0.4) is 0 Å². The Morgan fingerprint density at radius 1 is 1.17 bits per heavy atom. The fraction of sp³-hybridized carbons (Fsp3) is 0.0833. The number of anilines is 2. The SMILES string of the molecule is NNc1cc(NCc2ccc(F)cc2F)ccn1. The minimum absolute atomic E-state index is 0.250. The summed E-state index contributed by atoms with van der Waals surface area (Å²) in [5.74, 6) is 4.56. The van der Waals surface area contributed by atoms with E-state index < -0.39 is 11.6 Å². The topological polar surface area (TPSA) is 63.0 Å². The second kappa shape index (κ2) is 5.42.